The molecule has 0 aliphatic carbocycles. The van der Waals surface area contributed by atoms with Gasteiger partial charge in [0.2, 0.25) is 0 Å². The molecule has 6 heteroatoms. The highest BCUT2D eigenvalue weighted by Crippen LogP contribution is 2.14. The third kappa shape index (κ3) is 4.74. The van der Waals surface area contributed by atoms with Gasteiger partial charge in [-0.25, -0.2) is 8.78 Å². The Balaban J connectivity index is 1.72. The topological polar surface area (TPSA) is 48.3 Å². The standard InChI is InChI=1S/C15H19F2N3O/c16-14-8-12(10-18)9-15(17)13(14)11-19-2-1-3-20-4-6-21-7-5-20/h8-9,19H,1-7,11H2. The summed E-state index contributed by atoms with van der Waals surface area (Å²) in [5, 5.41) is 11.7. The number of nitriles is 1. The van der Waals surface area contributed by atoms with Gasteiger partial charge in [0.1, 0.15) is 11.6 Å². The number of ether oxygens (including phenoxy) is 1. The molecule has 1 aromatic carbocycles. The fourth-order valence-corrected chi connectivity index (χ4v) is 2.30. The van der Waals surface area contributed by atoms with Crippen molar-refractivity contribution in [2.45, 2.75) is 13.0 Å². The maximum Gasteiger partial charge on any atom is 0.131 e. The van der Waals surface area contributed by atoms with E-state index >= 15 is 0 Å². The first-order valence-electron chi connectivity index (χ1n) is 7.09. The molecule has 0 atom stereocenters. The van der Waals surface area contributed by atoms with E-state index in [4.69, 9.17) is 10.00 Å². The second kappa shape index (κ2) is 8.03. The number of morpholine rings is 1. The van der Waals surface area contributed by atoms with E-state index in [0.717, 1.165) is 51.4 Å². The zero-order valence-corrected chi connectivity index (χ0v) is 11.9. The summed E-state index contributed by atoms with van der Waals surface area (Å²) >= 11 is 0. The molecule has 0 amide bonds. The van der Waals surface area contributed by atoms with Crippen LogP contribution in [0.1, 0.15) is 17.5 Å². The number of hydrogen-bond donors (Lipinski definition) is 1. The normalized spacial score (nSPS) is 15.9. The monoisotopic (exact) mass is 295 g/mol. The van der Waals surface area contributed by atoms with Crippen molar-refractivity contribution in [3.05, 3.63) is 34.9 Å². The minimum atomic E-state index is -0.674. The summed E-state index contributed by atoms with van der Waals surface area (Å²) in [5.74, 6) is -1.35. The van der Waals surface area contributed by atoms with Gasteiger partial charge >= 0.3 is 0 Å². The molecule has 0 aromatic heterocycles. The smallest absolute Gasteiger partial charge is 0.131 e. The van der Waals surface area contributed by atoms with Crippen molar-refractivity contribution in [2.75, 3.05) is 39.4 Å². The van der Waals surface area contributed by atoms with E-state index in [0.29, 0.717) is 6.54 Å². The van der Waals surface area contributed by atoms with E-state index < -0.39 is 11.6 Å². The Labute approximate surface area is 123 Å². The molecule has 0 spiro atoms. The van der Waals surface area contributed by atoms with Gasteiger partial charge in [-0.3, -0.25) is 4.90 Å². The lowest BCUT2D eigenvalue weighted by Gasteiger charge is -2.26. The van der Waals surface area contributed by atoms with Crippen molar-refractivity contribution in [3.8, 4) is 6.07 Å². The molecule has 1 heterocycles. The minimum absolute atomic E-state index is 0.000988. The quantitative estimate of drug-likeness (QED) is 0.811. The fraction of sp³-hybridized carbons (Fsp3) is 0.533. The van der Waals surface area contributed by atoms with E-state index in [9.17, 15) is 8.78 Å². The number of nitrogens with zero attached hydrogens (tertiary/aromatic N) is 2. The van der Waals surface area contributed by atoms with Crippen LogP contribution < -0.4 is 5.32 Å². The Morgan fingerprint density at radius 1 is 1.24 bits per heavy atom. The number of rotatable bonds is 6. The lowest BCUT2D eigenvalue weighted by atomic mass is 10.1. The molecule has 114 valence electrons. The predicted octanol–water partition coefficient (Wildman–Crippen LogP) is 1.65. The molecule has 2 rings (SSSR count). The molecule has 1 aliphatic heterocycles. The van der Waals surface area contributed by atoms with Crippen LogP contribution in [-0.2, 0) is 11.3 Å². The van der Waals surface area contributed by atoms with Crippen LogP contribution in [0.15, 0.2) is 12.1 Å². The Hall–Kier alpha value is -1.55. The number of benzene rings is 1. The van der Waals surface area contributed by atoms with E-state index in [1.807, 2.05) is 0 Å². The summed E-state index contributed by atoms with van der Waals surface area (Å²) in [6.45, 7) is 5.21. The van der Waals surface area contributed by atoms with Gasteiger partial charge in [0.05, 0.1) is 24.8 Å². The molecule has 1 aromatic rings. The second-order valence-electron chi connectivity index (χ2n) is 5.01. The number of nitrogens with one attached hydrogen (secondary N) is 1. The predicted molar refractivity (Wildman–Crippen MR) is 74.7 cm³/mol. The largest absolute Gasteiger partial charge is 0.379 e. The molecule has 21 heavy (non-hydrogen) atoms. The Bertz CT molecular complexity index is 487. The molecule has 1 aliphatic rings. The van der Waals surface area contributed by atoms with Crippen molar-refractivity contribution in [2.24, 2.45) is 0 Å². The third-order valence-corrected chi connectivity index (χ3v) is 3.50. The van der Waals surface area contributed by atoms with Crippen molar-refractivity contribution < 1.29 is 13.5 Å². The SMILES string of the molecule is N#Cc1cc(F)c(CNCCCN2CCOCC2)c(F)c1. The highest BCUT2D eigenvalue weighted by atomic mass is 19.1. The molecule has 0 unspecified atom stereocenters. The van der Waals surface area contributed by atoms with Crippen molar-refractivity contribution in [3.63, 3.8) is 0 Å². The Kier molecular flexibility index (Phi) is 6.05. The van der Waals surface area contributed by atoms with Crippen LogP contribution in [0.5, 0.6) is 0 Å². The fourth-order valence-electron chi connectivity index (χ4n) is 2.30. The highest BCUT2D eigenvalue weighted by molar-refractivity contribution is 5.34. The average molecular weight is 295 g/mol. The van der Waals surface area contributed by atoms with Crippen molar-refractivity contribution in [1.29, 1.82) is 5.26 Å². The van der Waals surface area contributed by atoms with Crippen molar-refractivity contribution >= 4 is 0 Å². The highest BCUT2D eigenvalue weighted by Gasteiger charge is 2.11. The third-order valence-electron chi connectivity index (χ3n) is 3.50. The maximum absolute atomic E-state index is 13.6. The van der Waals surface area contributed by atoms with Gasteiger partial charge in [0, 0.05) is 25.2 Å². The molecule has 0 radical (unpaired) electrons. The van der Waals surface area contributed by atoms with Crippen LogP contribution in [0, 0.1) is 23.0 Å². The Morgan fingerprint density at radius 3 is 2.52 bits per heavy atom. The van der Waals surface area contributed by atoms with Crippen molar-refractivity contribution in [1.82, 2.24) is 10.2 Å². The van der Waals surface area contributed by atoms with Crippen LogP contribution in [0.4, 0.5) is 8.78 Å². The summed E-state index contributed by atoms with van der Waals surface area (Å²) in [6, 6.07) is 3.86. The zero-order valence-electron chi connectivity index (χ0n) is 11.9. The van der Waals surface area contributed by atoms with Crippen LogP contribution in [0.2, 0.25) is 0 Å². The van der Waals surface area contributed by atoms with Crippen LogP contribution in [0.25, 0.3) is 0 Å². The van der Waals surface area contributed by atoms with E-state index in [1.165, 1.54) is 0 Å². The molecule has 4 nitrogen and oxygen atoms in total. The van der Waals surface area contributed by atoms with E-state index in [1.54, 1.807) is 6.07 Å². The first-order valence-corrected chi connectivity index (χ1v) is 7.09. The average Bonchev–Trinajstić information content (AvgIpc) is 2.50. The molecular formula is C15H19F2N3O. The molecule has 1 N–H and O–H groups in total. The minimum Gasteiger partial charge on any atom is -0.379 e. The van der Waals surface area contributed by atoms with E-state index in [-0.39, 0.29) is 17.7 Å². The molecule has 0 saturated carbocycles. The first kappa shape index (κ1) is 15.8. The summed E-state index contributed by atoms with van der Waals surface area (Å²) in [4.78, 5) is 2.31. The summed E-state index contributed by atoms with van der Waals surface area (Å²) in [5.41, 5.74) is -0.0126. The van der Waals surface area contributed by atoms with Gasteiger partial charge in [-0.1, -0.05) is 0 Å². The van der Waals surface area contributed by atoms with Gasteiger partial charge in [-0.2, -0.15) is 5.26 Å². The number of hydrogen-bond acceptors (Lipinski definition) is 4. The first-order chi connectivity index (χ1) is 10.2. The van der Waals surface area contributed by atoms with E-state index in [2.05, 4.69) is 10.2 Å². The van der Waals surface area contributed by atoms with Gasteiger partial charge in [0.25, 0.3) is 0 Å². The second-order valence-corrected chi connectivity index (χ2v) is 5.01. The molecule has 1 saturated heterocycles. The maximum atomic E-state index is 13.6. The summed E-state index contributed by atoms with van der Waals surface area (Å²) in [6.07, 6.45) is 0.916. The van der Waals surface area contributed by atoms with Crippen LogP contribution >= 0.6 is 0 Å². The molecule has 0 bridgehead atoms. The summed E-state index contributed by atoms with van der Waals surface area (Å²) in [7, 11) is 0. The van der Waals surface area contributed by atoms with Gasteiger partial charge in [-0.05, 0) is 31.6 Å². The zero-order chi connectivity index (χ0) is 15.1. The molecular weight excluding hydrogens is 276 g/mol. The lowest BCUT2D eigenvalue weighted by molar-refractivity contribution is 0.0374. The lowest BCUT2D eigenvalue weighted by Crippen LogP contribution is -2.37. The molecule has 1 fully saturated rings. The van der Waals surface area contributed by atoms with Crippen LogP contribution in [0.3, 0.4) is 0 Å². The summed E-state index contributed by atoms with van der Waals surface area (Å²) < 4.78 is 32.6. The number of halogens is 2. The van der Waals surface area contributed by atoms with Crippen LogP contribution in [-0.4, -0.2) is 44.3 Å². The van der Waals surface area contributed by atoms with Gasteiger partial charge < -0.3 is 10.1 Å². The van der Waals surface area contributed by atoms with Gasteiger partial charge in [-0.15, -0.1) is 0 Å². The Morgan fingerprint density at radius 2 is 1.90 bits per heavy atom. The van der Waals surface area contributed by atoms with Gasteiger partial charge in [0.15, 0.2) is 0 Å².